The summed E-state index contributed by atoms with van der Waals surface area (Å²) in [5.41, 5.74) is 4.54. The zero-order valence-electron chi connectivity index (χ0n) is 17.9. The van der Waals surface area contributed by atoms with Crippen molar-refractivity contribution in [3.8, 4) is 11.1 Å². The lowest BCUT2D eigenvalue weighted by molar-refractivity contribution is -0.143. The predicted octanol–water partition coefficient (Wildman–Crippen LogP) is 3.39. The molecule has 0 spiro atoms. The topological polar surface area (TPSA) is 105 Å². The smallest absolute Gasteiger partial charge is 0.407 e. The molecule has 0 aromatic heterocycles. The summed E-state index contributed by atoms with van der Waals surface area (Å²) in [6.07, 6.45) is -0.611. The van der Waals surface area contributed by atoms with Crippen molar-refractivity contribution in [1.82, 2.24) is 10.6 Å². The molecule has 164 valence electrons. The number of carbonyl (C=O) groups excluding carboxylic acids is 2. The molecule has 0 fully saturated rings. The maximum atomic E-state index is 12.2. The largest absolute Gasteiger partial charge is 0.480 e. The second kappa shape index (κ2) is 9.64. The Morgan fingerprint density at radius 2 is 1.52 bits per heavy atom. The molecule has 2 atom stereocenters. The van der Waals surface area contributed by atoms with Gasteiger partial charge in [-0.05, 0) is 28.2 Å². The predicted molar refractivity (Wildman–Crippen MR) is 117 cm³/mol. The lowest BCUT2D eigenvalue weighted by Gasteiger charge is -2.21. The Morgan fingerprint density at radius 3 is 2.03 bits per heavy atom. The van der Waals surface area contributed by atoms with E-state index in [1.807, 2.05) is 36.4 Å². The van der Waals surface area contributed by atoms with Gasteiger partial charge in [0.2, 0.25) is 5.91 Å². The number of amides is 2. The summed E-state index contributed by atoms with van der Waals surface area (Å²) >= 11 is 0. The van der Waals surface area contributed by atoms with Crippen LogP contribution in [0.3, 0.4) is 0 Å². The van der Waals surface area contributed by atoms with E-state index in [0.717, 1.165) is 22.3 Å². The Kier molecular flexibility index (Phi) is 6.95. The molecule has 2 amide bonds. The Balaban J connectivity index is 1.53. The molecule has 1 aliphatic carbocycles. The Morgan fingerprint density at radius 1 is 0.968 bits per heavy atom. The van der Waals surface area contributed by atoms with Crippen LogP contribution in [0.4, 0.5) is 4.79 Å². The van der Waals surface area contributed by atoms with E-state index in [9.17, 15) is 19.5 Å². The molecule has 0 saturated carbocycles. The summed E-state index contributed by atoms with van der Waals surface area (Å²) in [7, 11) is 0. The van der Waals surface area contributed by atoms with Crippen molar-refractivity contribution >= 4 is 18.0 Å². The van der Waals surface area contributed by atoms with Gasteiger partial charge >= 0.3 is 12.1 Å². The van der Waals surface area contributed by atoms with Gasteiger partial charge in [-0.3, -0.25) is 4.79 Å². The summed E-state index contributed by atoms with van der Waals surface area (Å²) < 4.78 is 5.45. The Hall–Kier alpha value is -3.35. The summed E-state index contributed by atoms with van der Waals surface area (Å²) in [5, 5.41) is 14.3. The van der Waals surface area contributed by atoms with Crippen LogP contribution in [0.25, 0.3) is 11.1 Å². The standard InChI is InChI=1S/C24H28N2O5/c1-14(2)21(23(28)29)26-22(27)15(3)12-25-24(30)31-13-20-18-10-6-4-8-16(18)17-9-5-7-11-19(17)20/h4-11,14-15,20-21H,12-13H2,1-3H3,(H,25,30)(H,26,27)(H,28,29)/t15?,21-/m1/s1. The quantitative estimate of drug-likeness (QED) is 0.603. The Bertz CT molecular complexity index is 926. The SMILES string of the molecule is CC(CNC(=O)OCC1c2ccccc2-c2ccccc21)C(=O)N[C@@H](C(=O)O)C(C)C. The van der Waals surface area contributed by atoms with Crippen LogP contribution < -0.4 is 10.6 Å². The van der Waals surface area contributed by atoms with Crippen LogP contribution in [0.15, 0.2) is 48.5 Å². The molecule has 2 aromatic rings. The molecule has 7 nitrogen and oxygen atoms in total. The van der Waals surface area contributed by atoms with Crippen LogP contribution in [0.2, 0.25) is 0 Å². The number of aliphatic carboxylic acids is 1. The molecule has 1 aliphatic rings. The zero-order valence-corrected chi connectivity index (χ0v) is 17.9. The summed E-state index contributed by atoms with van der Waals surface area (Å²) in [6, 6.07) is 15.2. The first-order chi connectivity index (χ1) is 14.8. The van der Waals surface area contributed by atoms with Gasteiger partial charge in [-0.2, -0.15) is 0 Å². The van der Waals surface area contributed by atoms with Gasteiger partial charge < -0.3 is 20.5 Å². The lowest BCUT2D eigenvalue weighted by Crippen LogP contribution is -2.48. The molecular weight excluding hydrogens is 396 g/mol. The highest BCUT2D eigenvalue weighted by Crippen LogP contribution is 2.44. The lowest BCUT2D eigenvalue weighted by atomic mass is 9.98. The normalized spacial score (nSPS) is 14.3. The van der Waals surface area contributed by atoms with Crippen LogP contribution in [0.1, 0.15) is 37.8 Å². The third-order valence-electron chi connectivity index (χ3n) is 5.57. The third kappa shape index (κ3) is 5.05. The van der Waals surface area contributed by atoms with E-state index in [0.29, 0.717) is 0 Å². The number of carboxylic acids is 1. The fourth-order valence-electron chi connectivity index (χ4n) is 3.79. The van der Waals surface area contributed by atoms with Crippen LogP contribution in [-0.4, -0.2) is 42.3 Å². The first-order valence-electron chi connectivity index (χ1n) is 10.4. The van der Waals surface area contributed by atoms with Gasteiger partial charge in [0.15, 0.2) is 0 Å². The summed E-state index contributed by atoms with van der Waals surface area (Å²) in [4.78, 5) is 35.7. The van der Waals surface area contributed by atoms with Gasteiger partial charge in [-0.25, -0.2) is 9.59 Å². The van der Waals surface area contributed by atoms with E-state index in [2.05, 4.69) is 22.8 Å². The van der Waals surface area contributed by atoms with E-state index >= 15 is 0 Å². The van der Waals surface area contributed by atoms with Gasteiger partial charge in [0.05, 0.1) is 5.92 Å². The molecule has 0 bridgehead atoms. The van der Waals surface area contributed by atoms with Gasteiger partial charge in [0.25, 0.3) is 0 Å². The molecular formula is C24H28N2O5. The van der Waals surface area contributed by atoms with E-state index in [4.69, 9.17) is 4.74 Å². The molecule has 2 aromatic carbocycles. The molecule has 0 saturated heterocycles. The maximum Gasteiger partial charge on any atom is 0.407 e. The highest BCUT2D eigenvalue weighted by molar-refractivity contribution is 5.85. The third-order valence-corrected chi connectivity index (χ3v) is 5.57. The van der Waals surface area contributed by atoms with Crippen molar-refractivity contribution in [3.05, 3.63) is 59.7 Å². The average molecular weight is 424 g/mol. The number of alkyl carbamates (subject to hydrolysis) is 1. The molecule has 1 unspecified atom stereocenters. The van der Waals surface area contributed by atoms with Crippen molar-refractivity contribution in [2.75, 3.05) is 13.2 Å². The first kappa shape index (κ1) is 22.3. The monoisotopic (exact) mass is 424 g/mol. The molecule has 3 N–H and O–H groups in total. The molecule has 7 heteroatoms. The molecule has 3 rings (SSSR count). The number of benzene rings is 2. The highest BCUT2D eigenvalue weighted by atomic mass is 16.5. The number of hydrogen-bond acceptors (Lipinski definition) is 4. The minimum atomic E-state index is -1.08. The van der Waals surface area contributed by atoms with Gasteiger partial charge in [0.1, 0.15) is 12.6 Å². The molecule has 0 aliphatic heterocycles. The molecule has 0 heterocycles. The fraction of sp³-hybridized carbons (Fsp3) is 0.375. The number of ether oxygens (including phenoxy) is 1. The second-order valence-electron chi connectivity index (χ2n) is 8.18. The van der Waals surface area contributed by atoms with Crippen molar-refractivity contribution in [1.29, 1.82) is 0 Å². The van der Waals surface area contributed by atoms with Crippen LogP contribution in [0.5, 0.6) is 0 Å². The van der Waals surface area contributed by atoms with E-state index in [-0.39, 0.29) is 25.0 Å². The van der Waals surface area contributed by atoms with Crippen molar-refractivity contribution < 1.29 is 24.2 Å². The number of nitrogens with one attached hydrogen (secondary N) is 2. The zero-order chi connectivity index (χ0) is 22.5. The van der Waals surface area contributed by atoms with Crippen LogP contribution in [-0.2, 0) is 14.3 Å². The fourth-order valence-corrected chi connectivity index (χ4v) is 3.79. The number of carboxylic acid groups (broad SMARTS) is 1. The van der Waals surface area contributed by atoms with Crippen molar-refractivity contribution in [2.24, 2.45) is 11.8 Å². The van der Waals surface area contributed by atoms with Gasteiger partial charge in [-0.15, -0.1) is 0 Å². The van der Waals surface area contributed by atoms with Crippen LogP contribution in [0, 0.1) is 11.8 Å². The van der Waals surface area contributed by atoms with Crippen LogP contribution >= 0.6 is 0 Å². The average Bonchev–Trinajstić information content (AvgIpc) is 3.07. The highest BCUT2D eigenvalue weighted by Gasteiger charge is 2.29. The maximum absolute atomic E-state index is 12.2. The first-order valence-corrected chi connectivity index (χ1v) is 10.4. The van der Waals surface area contributed by atoms with E-state index in [1.165, 1.54) is 0 Å². The molecule has 0 radical (unpaired) electrons. The van der Waals surface area contributed by atoms with E-state index < -0.39 is 29.9 Å². The minimum absolute atomic E-state index is 0.0405. The summed E-state index contributed by atoms with van der Waals surface area (Å²) in [6.45, 7) is 5.30. The Labute approximate surface area is 181 Å². The minimum Gasteiger partial charge on any atom is -0.480 e. The number of fused-ring (bicyclic) bond motifs is 3. The van der Waals surface area contributed by atoms with E-state index in [1.54, 1.807) is 20.8 Å². The number of carbonyl (C=O) groups is 3. The second-order valence-corrected chi connectivity index (χ2v) is 8.18. The number of hydrogen-bond donors (Lipinski definition) is 3. The van der Waals surface area contributed by atoms with Gasteiger partial charge in [-0.1, -0.05) is 69.3 Å². The number of rotatable bonds is 8. The van der Waals surface area contributed by atoms with Crippen molar-refractivity contribution in [2.45, 2.75) is 32.7 Å². The summed E-state index contributed by atoms with van der Waals surface area (Å²) in [5.74, 6) is -2.40. The van der Waals surface area contributed by atoms with Gasteiger partial charge in [0, 0.05) is 12.5 Å². The van der Waals surface area contributed by atoms with Crippen molar-refractivity contribution in [3.63, 3.8) is 0 Å². The molecule has 31 heavy (non-hydrogen) atoms.